The Labute approximate surface area is 91.8 Å². The van der Waals surface area contributed by atoms with Crippen LogP contribution in [-0.2, 0) is 14.3 Å². The van der Waals surface area contributed by atoms with Crippen LogP contribution in [0.15, 0.2) is 0 Å². The van der Waals surface area contributed by atoms with Gasteiger partial charge in [0.2, 0.25) is 0 Å². The summed E-state index contributed by atoms with van der Waals surface area (Å²) >= 11 is 2.95. The fourth-order valence-corrected chi connectivity index (χ4v) is 1.01. The predicted molar refractivity (Wildman–Crippen MR) is 55.4 cm³/mol. The molecular weight excluding hydrogens is 252 g/mol. The van der Waals surface area contributed by atoms with Gasteiger partial charge < -0.3 is 9.84 Å². The van der Waals surface area contributed by atoms with Gasteiger partial charge in [-0.25, -0.2) is 0 Å². The lowest BCUT2D eigenvalue weighted by atomic mass is 9.87. The number of carbonyl (C=O) groups is 2. The maximum absolute atomic E-state index is 11.0. The zero-order valence-corrected chi connectivity index (χ0v) is 10.1. The smallest absolute Gasteiger partial charge is 0.316 e. The molecule has 82 valence electrons. The molecule has 0 saturated heterocycles. The van der Waals surface area contributed by atoms with Crippen LogP contribution in [0.3, 0.4) is 0 Å². The minimum Gasteiger partial charge on any atom is -0.481 e. The maximum atomic E-state index is 11.0. The zero-order valence-electron chi connectivity index (χ0n) is 8.54. The average Bonchev–Trinajstić information content (AvgIpc) is 2.00. The van der Waals surface area contributed by atoms with Gasteiger partial charge in [-0.3, -0.25) is 9.59 Å². The highest BCUT2D eigenvalue weighted by molar-refractivity contribution is 9.09. The Hall–Kier alpha value is -0.580. The molecule has 14 heavy (non-hydrogen) atoms. The molecule has 0 aromatic heterocycles. The molecule has 4 nitrogen and oxygen atoms in total. The molecule has 1 N–H and O–H groups in total. The van der Waals surface area contributed by atoms with Gasteiger partial charge in [0.05, 0.1) is 6.42 Å². The molecule has 0 aliphatic carbocycles. The number of halogens is 1. The lowest BCUT2D eigenvalue weighted by molar-refractivity contribution is -0.156. The van der Waals surface area contributed by atoms with Gasteiger partial charge >= 0.3 is 11.9 Å². The van der Waals surface area contributed by atoms with E-state index in [4.69, 9.17) is 9.84 Å². The molecule has 0 aromatic carbocycles. The third kappa shape index (κ3) is 5.21. The first-order chi connectivity index (χ1) is 6.27. The summed E-state index contributed by atoms with van der Waals surface area (Å²) < 4.78 is 5.01. The number of alkyl halides is 1. The molecule has 0 aliphatic heterocycles. The van der Waals surface area contributed by atoms with Crippen LogP contribution in [-0.4, -0.2) is 28.5 Å². The first kappa shape index (κ1) is 13.4. The Morgan fingerprint density at radius 2 is 1.93 bits per heavy atom. The standard InChI is InChI=1S/C9H15BrO4/c1-9(2,3)6(4-7(11)12)14-8(13)5-10/h6H,4-5H2,1-3H3,(H,11,12). The third-order valence-electron chi connectivity index (χ3n) is 1.71. The Morgan fingerprint density at radius 1 is 1.43 bits per heavy atom. The number of rotatable bonds is 4. The topological polar surface area (TPSA) is 63.6 Å². The highest BCUT2D eigenvalue weighted by Gasteiger charge is 2.30. The summed E-state index contributed by atoms with van der Waals surface area (Å²) in [6, 6.07) is 0. The molecule has 0 amide bonds. The predicted octanol–water partition coefficient (Wildman–Crippen LogP) is 1.81. The fraction of sp³-hybridized carbons (Fsp3) is 0.778. The van der Waals surface area contributed by atoms with Gasteiger partial charge in [-0.1, -0.05) is 36.7 Å². The van der Waals surface area contributed by atoms with E-state index in [1.54, 1.807) is 0 Å². The van der Waals surface area contributed by atoms with Crippen LogP contribution in [0, 0.1) is 5.41 Å². The SMILES string of the molecule is CC(C)(C)C(CC(=O)O)OC(=O)CBr. The van der Waals surface area contributed by atoms with Crippen LogP contribution in [0.2, 0.25) is 0 Å². The molecule has 0 radical (unpaired) electrons. The first-order valence-corrected chi connectivity index (χ1v) is 5.36. The summed E-state index contributed by atoms with van der Waals surface area (Å²) in [4.78, 5) is 21.5. The summed E-state index contributed by atoms with van der Waals surface area (Å²) in [7, 11) is 0. The number of carboxylic acid groups (broad SMARTS) is 1. The van der Waals surface area contributed by atoms with Crippen molar-refractivity contribution in [2.75, 3.05) is 5.33 Å². The number of esters is 1. The Kier molecular flexibility index (Phi) is 5.12. The van der Waals surface area contributed by atoms with Crippen LogP contribution in [0.25, 0.3) is 0 Å². The normalized spacial score (nSPS) is 13.4. The van der Waals surface area contributed by atoms with Gasteiger partial charge in [0.15, 0.2) is 0 Å². The zero-order chi connectivity index (χ0) is 11.4. The summed E-state index contributed by atoms with van der Waals surface area (Å²) in [5.41, 5.74) is -0.365. The van der Waals surface area contributed by atoms with Crippen LogP contribution < -0.4 is 0 Å². The molecule has 0 fully saturated rings. The van der Waals surface area contributed by atoms with E-state index >= 15 is 0 Å². The quantitative estimate of drug-likeness (QED) is 0.623. The fourth-order valence-electron chi connectivity index (χ4n) is 0.873. The lowest BCUT2D eigenvalue weighted by Gasteiger charge is -2.28. The number of carboxylic acids is 1. The van der Waals surface area contributed by atoms with Crippen molar-refractivity contribution in [3.8, 4) is 0 Å². The van der Waals surface area contributed by atoms with Gasteiger partial charge in [-0.05, 0) is 5.41 Å². The minimum absolute atomic E-state index is 0.0825. The number of hydrogen-bond acceptors (Lipinski definition) is 3. The van der Waals surface area contributed by atoms with E-state index in [1.165, 1.54) is 0 Å². The van der Waals surface area contributed by atoms with Crippen molar-refractivity contribution < 1.29 is 19.4 Å². The van der Waals surface area contributed by atoms with Gasteiger partial charge in [0, 0.05) is 0 Å². The number of aliphatic carboxylic acids is 1. The van der Waals surface area contributed by atoms with Crippen LogP contribution in [0.1, 0.15) is 27.2 Å². The summed E-state index contributed by atoms with van der Waals surface area (Å²) in [5.74, 6) is -1.40. The van der Waals surface area contributed by atoms with Crippen LogP contribution >= 0.6 is 15.9 Å². The molecule has 0 aromatic rings. The largest absolute Gasteiger partial charge is 0.481 e. The molecule has 0 bridgehead atoms. The first-order valence-electron chi connectivity index (χ1n) is 4.24. The van der Waals surface area contributed by atoms with Crippen molar-refractivity contribution in [2.24, 2.45) is 5.41 Å². The average molecular weight is 267 g/mol. The minimum atomic E-state index is -0.965. The summed E-state index contributed by atoms with van der Waals surface area (Å²) in [6.45, 7) is 5.51. The Bertz CT molecular complexity index is 219. The maximum Gasteiger partial charge on any atom is 0.316 e. The van der Waals surface area contributed by atoms with Crippen LogP contribution in [0.5, 0.6) is 0 Å². The van der Waals surface area contributed by atoms with E-state index in [0.29, 0.717) is 0 Å². The monoisotopic (exact) mass is 266 g/mol. The van der Waals surface area contributed by atoms with Crippen molar-refractivity contribution in [3.05, 3.63) is 0 Å². The summed E-state index contributed by atoms with van der Waals surface area (Å²) in [6.07, 6.45) is -0.757. The van der Waals surface area contributed by atoms with Gasteiger partial charge in [-0.2, -0.15) is 0 Å². The Morgan fingerprint density at radius 3 is 2.21 bits per heavy atom. The second-order valence-electron chi connectivity index (χ2n) is 4.08. The Balaban J connectivity index is 4.41. The van der Waals surface area contributed by atoms with Crippen molar-refractivity contribution >= 4 is 27.9 Å². The van der Waals surface area contributed by atoms with Gasteiger partial charge in [0.25, 0.3) is 0 Å². The second-order valence-corrected chi connectivity index (χ2v) is 4.64. The van der Waals surface area contributed by atoms with Crippen molar-refractivity contribution in [2.45, 2.75) is 33.3 Å². The number of carbonyl (C=O) groups excluding carboxylic acids is 1. The molecule has 0 saturated carbocycles. The van der Waals surface area contributed by atoms with Gasteiger partial charge in [0.1, 0.15) is 11.4 Å². The number of ether oxygens (including phenoxy) is 1. The van der Waals surface area contributed by atoms with Crippen molar-refractivity contribution in [3.63, 3.8) is 0 Å². The highest BCUT2D eigenvalue weighted by atomic mass is 79.9. The highest BCUT2D eigenvalue weighted by Crippen LogP contribution is 2.25. The third-order valence-corrected chi connectivity index (χ3v) is 2.17. The molecule has 0 aliphatic rings. The van der Waals surface area contributed by atoms with Crippen molar-refractivity contribution in [1.29, 1.82) is 0 Å². The van der Waals surface area contributed by atoms with E-state index in [2.05, 4.69) is 15.9 Å². The van der Waals surface area contributed by atoms with E-state index in [0.717, 1.165) is 0 Å². The van der Waals surface area contributed by atoms with E-state index in [1.807, 2.05) is 20.8 Å². The summed E-state index contributed by atoms with van der Waals surface area (Å²) in [5, 5.41) is 8.71. The molecular formula is C9H15BrO4. The van der Waals surface area contributed by atoms with E-state index in [-0.39, 0.29) is 17.2 Å². The van der Waals surface area contributed by atoms with Crippen molar-refractivity contribution in [1.82, 2.24) is 0 Å². The van der Waals surface area contributed by atoms with E-state index in [9.17, 15) is 9.59 Å². The molecule has 0 heterocycles. The molecule has 1 atom stereocenters. The molecule has 1 unspecified atom stereocenters. The van der Waals surface area contributed by atoms with Gasteiger partial charge in [-0.15, -0.1) is 0 Å². The molecule has 0 rings (SSSR count). The lowest BCUT2D eigenvalue weighted by Crippen LogP contribution is -2.34. The van der Waals surface area contributed by atoms with Crippen LogP contribution in [0.4, 0.5) is 0 Å². The number of hydrogen-bond donors (Lipinski definition) is 1. The molecule has 0 spiro atoms. The molecule has 5 heteroatoms. The second kappa shape index (κ2) is 5.34. The van der Waals surface area contributed by atoms with E-state index < -0.39 is 18.0 Å².